The van der Waals surface area contributed by atoms with E-state index in [0.29, 0.717) is 38.9 Å². The molecule has 0 bridgehead atoms. The molecule has 2 N–H and O–H groups in total. The van der Waals surface area contributed by atoms with Gasteiger partial charge in [-0.25, -0.2) is 4.98 Å². The number of aromatic nitrogens is 1. The lowest BCUT2D eigenvalue weighted by Gasteiger charge is -2.59. The summed E-state index contributed by atoms with van der Waals surface area (Å²) in [6.45, 7) is 8.53. The highest BCUT2D eigenvalue weighted by Crippen LogP contribution is 2.71. The third kappa shape index (κ3) is 5.54. The van der Waals surface area contributed by atoms with Gasteiger partial charge in [0.2, 0.25) is 0 Å². The molecule has 11 heteroatoms. The number of alkyl halides is 5. The second-order valence-corrected chi connectivity index (χ2v) is 18.4. The van der Waals surface area contributed by atoms with E-state index in [-0.39, 0.29) is 30.6 Å². The zero-order valence-corrected chi connectivity index (χ0v) is 30.8. The number of aryl methyl sites for hydroxylation is 1. The molecule has 3 saturated carbocycles. The summed E-state index contributed by atoms with van der Waals surface area (Å²) < 4.78 is 86.8. The number of hydrogen-bond donors (Lipinski definition) is 2. The fraction of sp³-hybridized carbons (Fsp3) is 0.585. The van der Waals surface area contributed by atoms with Crippen LogP contribution in [0.15, 0.2) is 53.6 Å². The van der Waals surface area contributed by atoms with Gasteiger partial charge in [0.1, 0.15) is 5.60 Å². The molecule has 1 aliphatic heterocycles. The molecule has 4 fully saturated rings. The van der Waals surface area contributed by atoms with Crippen molar-refractivity contribution in [1.82, 2.24) is 4.98 Å². The van der Waals surface area contributed by atoms with Crippen molar-refractivity contribution in [3.8, 4) is 0 Å². The minimum absolute atomic E-state index is 0.0481. The Hall–Kier alpha value is -2.70. The molecule has 2 aromatic carbocycles. The maximum atomic E-state index is 15.5. The van der Waals surface area contributed by atoms with Crippen LogP contribution < -0.4 is 0 Å². The lowest BCUT2D eigenvalue weighted by molar-refractivity contribution is -0.362. The van der Waals surface area contributed by atoms with Crippen LogP contribution >= 0.6 is 11.3 Å². The molecule has 1 aromatic heterocycles. The van der Waals surface area contributed by atoms with Crippen LogP contribution in [0.3, 0.4) is 0 Å². The molecule has 0 amide bonds. The number of benzene rings is 2. The van der Waals surface area contributed by atoms with E-state index in [0.717, 1.165) is 43.1 Å². The molecule has 8 rings (SSSR count). The van der Waals surface area contributed by atoms with Crippen LogP contribution in [0.1, 0.15) is 99.8 Å². The van der Waals surface area contributed by atoms with E-state index >= 15 is 8.78 Å². The average molecular weight is 744 g/mol. The maximum absolute atomic E-state index is 15.5. The average Bonchev–Trinajstić information content (AvgIpc) is 3.59. The fourth-order valence-electron chi connectivity index (χ4n) is 10.5. The van der Waals surface area contributed by atoms with E-state index in [9.17, 15) is 23.4 Å². The first kappa shape index (κ1) is 36.3. The van der Waals surface area contributed by atoms with E-state index in [2.05, 4.69) is 18.8 Å². The Morgan fingerprint density at radius 2 is 1.56 bits per heavy atom. The van der Waals surface area contributed by atoms with Gasteiger partial charge in [-0.15, -0.1) is 11.3 Å². The molecule has 0 radical (unpaired) electrons. The van der Waals surface area contributed by atoms with Crippen molar-refractivity contribution in [3.63, 3.8) is 0 Å². The highest BCUT2D eigenvalue weighted by Gasteiger charge is 2.79. The summed E-state index contributed by atoms with van der Waals surface area (Å²) in [7, 11) is 0. The highest BCUT2D eigenvalue weighted by atomic mass is 32.1. The minimum atomic E-state index is -5.90. The van der Waals surface area contributed by atoms with Crippen LogP contribution in [0.25, 0.3) is 22.4 Å². The Kier molecular flexibility index (Phi) is 8.30. The monoisotopic (exact) mass is 743 g/mol. The Morgan fingerprint density at radius 3 is 2.25 bits per heavy atom. The molecule has 0 unspecified atom stereocenters. The number of ether oxygens (including phenoxy) is 2. The summed E-state index contributed by atoms with van der Waals surface area (Å²) in [6, 6.07) is 13.8. The van der Waals surface area contributed by atoms with Crippen LogP contribution in [0.5, 0.6) is 0 Å². The second-order valence-electron chi connectivity index (χ2n) is 17.2. The van der Waals surface area contributed by atoms with Crippen molar-refractivity contribution in [1.29, 1.82) is 0 Å². The summed E-state index contributed by atoms with van der Waals surface area (Å²) in [5.41, 5.74) is -1.06. The molecule has 1 saturated heterocycles. The molecular weight excluding hydrogens is 698 g/mol. The van der Waals surface area contributed by atoms with Gasteiger partial charge in [0.25, 0.3) is 0 Å². The molecule has 3 aromatic rings. The van der Waals surface area contributed by atoms with Gasteiger partial charge < -0.3 is 19.7 Å². The van der Waals surface area contributed by atoms with Crippen LogP contribution in [0.2, 0.25) is 0 Å². The van der Waals surface area contributed by atoms with Gasteiger partial charge in [-0.05, 0) is 91.7 Å². The smallest absolute Gasteiger partial charge is 0.385 e. The van der Waals surface area contributed by atoms with Crippen LogP contribution in [0.4, 0.5) is 22.0 Å². The van der Waals surface area contributed by atoms with E-state index in [1.165, 1.54) is 6.92 Å². The molecule has 280 valence electrons. The number of rotatable bonds is 4. The summed E-state index contributed by atoms with van der Waals surface area (Å²) in [5, 5.41) is 25.1. The quantitative estimate of drug-likeness (QED) is 0.158. The Bertz CT molecular complexity index is 1940. The van der Waals surface area contributed by atoms with Gasteiger partial charge in [-0.1, -0.05) is 68.8 Å². The Labute approximate surface area is 304 Å². The van der Waals surface area contributed by atoms with Crippen molar-refractivity contribution in [2.24, 2.45) is 22.7 Å². The van der Waals surface area contributed by atoms with E-state index in [1.807, 2.05) is 61.5 Å². The van der Waals surface area contributed by atoms with Gasteiger partial charge in [-0.3, -0.25) is 0 Å². The standard InChI is InChI=1S/C41H46F5NO4S/c1-24-47-32-19-26(9-12-33(32)52-24)6-5-25-7-10-27(11-8-25)29-20-36(4)30(15-18-39(36,49)40(42,43)41(44,45)46)28-13-16-37(48)21-38(17-14-31(37)34(28)29)50-22-35(2,3)23-51-38/h5-12,19,28-30,48-49H,13-18,20-23H2,1-4H3/b6-5+/t28-,29+,30-,36-,37+,39-/m0/s1. The predicted octanol–water partition coefficient (Wildman–Crippen LogP) is 10.00. The number of fused-ring (bicyclic) bond motifs is 5. The number of thiazole rings is 1. The molecule has 5 nitrogen and oxygen atoms in total. The predicted molar refractivity (Wildman–Crippen MR) is 191 cm³/mol. The summed E-state index contributed by atoms with van der Waals surface area (Å²) in [6.07, 6.45) is -0.691. The van der Waals surface area contributed by atoms with Gasteiger partial charge in [0.05, 0.1) is 34.0 Å². The number of nitrogens with zero attached hydrogens (tertiary/aromatic N) is 1. The second kappa shape index (κ2) is 11.9. The van der Waals surface area contributed by atoms with Gasteiger partial charge in [0.15, 0.2) is 5.79 Å². The van der Waals surface area contributed by atoms with Gasteiger partial charge >= 0.3 is 12.1 Å². The zero-order valence-electron chi connectivity index (χ0n) is 30.0. The molecular formula is C41H46F5NO4S. The minimum Gasteiger partial charge on any atom is -0.385 e. The third-order valence-corrected chi connectivity index (χ3v) is 14.2. The topological polar surface area (TPSA) is 71.8 Å². The summed E-state index contributed by atoms with van der Waals surface area (Å²) in [5.74, 6) is -7.75. The van der Waals surface area contributed by atoms with E-state index < -0.39 is 52.8 Å². The van der Waals surface area contributed by atoms with Crippen molar-refractivity contribution in [3.05, 3.63) is 75.3 Å². The Morgan fingerprint density at radius 1 is 0.885 bits per heavy atom. The first-order valence-electron chi connectivity index (χ1n) is 18.3. The van der Waals surface area contributed by atoms with Gasteiger partial charge in [-0.2, -0.15) is 22.0 Å². The SMILES string of the molecule is Cc1nc2cc(/C=C/c3ccc([C@H]4C[C@@]5(C)[C@@H](CC[C@@]5(O)C(F)(F)C(F)(F)F)[C@@H]5CC[C@@]6(O)CC7(CCC6=C54)OCC(C)(C)CO7)cc3)ccc2s1. The van der Waals surface area contributed by atoms with Crippen molar-refractivity contribution in [2.45, 2.75) is 114 Å². The molecule has 6 atom stereocenters. The number of aliphatic hydroxyl groups is 2. The zero-order chi connectivity index (χ0) is 37.1. The normalized spacial score (nSPS) is 34.5. The molecule has 1 spiro atoms. The summed E-state index contributed by atoms with van der Waals surface area (Å²) in [4.78, 5) is 4.58. The third-order valence-electron chi connectivity index (χ3n) is 13.2. The van der Waals surface area contributed by atoms with Gasteiger partial charge in [0, 0.05) is 29.6 Å². The first-order chi connectivity index (χ1) is 24.3. The number of hydrogen-bond acceptors (Lipinski definition) is 6. The van der Waals surface area contributed by atoms with Crippen LogP contribution in [-0.2, 0) is 9.47 Å². The van der Waals surface area contributed by atoms with E-state index in [1.54, 1.807) is 11.3 Å². The fourth-order valence-corrected chi connectivity index (χ4v) is 11.3. The first-order valence-corrected chi connectivity index (χ1v) is 19.2. The number of halogens is 5. The van der Waals surface area contributed by atoms with Crippen molar-refractivity contribution in [2.75, 3.05) is 13.2 Å². The van der Waals surface area contributed by atoms with Crippen LogP contribution in [-0.4, -0.2) is 57.5 Å². The highest BCUT2D eigenvalue weighted by molar-refractivity contribution is 7.18. The van der Waals surface area contributed by atoms with Crippen molar-refractivity contribution < 1.29 is 41.6 Å². The summed E-state index contributed by atoms with van der Waals surface area (Å²) >= 11 is 1.64. The maximum Gasteiger partial charge on any atom is 0.456 e. The molecule has 52 heavy (non-hydrogen) atoms. The molecule has 5 aliphatic rings. The number of allylic oxidation sites excluding steroid dienone is 1. The van der Waals surface area contributed by atoms with Crippen molar-refractivity contribution >= 4 is 33.7 Å². The molecule has 4 aliphatic carbocycles. The Balaban J connectivity index is 1.17. The lowest BCUT2D eigenvalue weighted by atomic mass is 9.49. The molecule has 2 heterocycles. The van der Waals surface area contributed by atoms with E-state index in [4.69, 9.17) is 9.47 Å². The lowest BCUT2D eigenvalue weighted by Crippen LogP contribution is -2.65. The van der Waals surface area contributed by atoms with Crippen LogP contribution in [0, 0.1) is 29.6 Å². The largest absolute Gasteiger partial charge is 0.456 e.